The minimum Gasteiger partial charge on any atom is -0.747 e. The molecule has 2 aliphatic heterocycles. The number of imide groups is 2. The molecule has 4 amide bonds. The van der Waals surface area contributed by atoms with E-state index in [0.717, 1.165) is 29.0 Å². The van der Waals surface area contributed by atoms with E-state index in [1.54, 1.807) is 77.9 Å². The molecule has 23 nitrogen and oxygen atoms in total. The molecule has 0 spiro atoms. The van der Waals surface area contributed by atoms with Crippen LogP contribution in [0.4, 0.5) is 36.4 Å². The number of nitrogens with zero attached hydrogens (tertiary/aromatic N) is 6. The number of hydrogen-bond acceptors (Lipinski definition) is 20. The van der Waals surface area contributed by atoms with Crippen molar-refractivity contribution in [3.63, 3.8) is 0 Å². The van der Waals surface area contributed by atoms with E-state index < -0.39 is 96.5 Å². The van der Waals surface area contributed by atoms with Gasteiger partial charge in [-0.25, -0.2) is 35.0 Å². The molecule has 2 saturated heterocycles. The molecule has 0 radical (unpaired) electrons. The number of aromatic nitrogens is 2. The second kappa shape index (κ2) is 38.4. The average Bonchev–Trinajstić information content (AvgIpc) is 1.54. The predicted molar refractivity (Wildman–Crippen MR) is 320 cm³/mol. The van der Waals surface area contributed by atoms with Crippen molar-refractivity contribution >= 4 is 50.5 Å². The summed E-state index contributed by atoms with van der Waals surface area (Å²) < 4.78 is 152. The molecule has 1 aromatic heterocycles. The Morgan fingerprint density at radius 1 is 0.585 bits per heavy atom. The number of rotatable bonds is 14. The van der Waals surface area contributed by atoms with Crippen LogP contribution in [0.2, 0.25) is 0 Å². The zero-order chi connectivity index (χ0) is 71.0. The molecule has 510 valence electrons. The maximum absolute atomic E-state index is 13.1. The first-order chi connectivity index (χ1) is 42.9. The Bertz CT molecular complexity index is 3560. The van der Waals surface area contributed by atoms with Crippen LogP contribution in [-0.2, 0) is 39.0 Å². The quantitative estimate of drug-likeness (QED) is 0.0186. The van der Waals surface area contributed by atoms with Gasteiger partial charge in [-0.05, 0) is 176 Å². The monoisotopic (exact) mass is 1360 g/mol. The molecule has 3 heterocycles. The maximum atomic E-state index is 13.1. The molecule has 2 fully saturated rings. The molecule has 0 aliphatic carbocycles. The van der Waals surface area contributed by atoms with Gasteiger partial charge in [0, 0.05) is 43.2 Å². The number of fused-ring (bicyclic) bond motifs is 1. The second-order valence-electron chi connectivity index (χ2n) is 22.8. The fraction of sp³-hybridized carbons (Fsp3) is 0.435. The van der Waals surface area contributed by atoms with E-state index in [9.17, 15) is 73.0 Å². The topological polar surface area (TPSA) is 302 Å². The standard InChI is InChI=1S/C10H10F4O.C10H11N3O4.C10H11NO.C9H10F2O.C9H11FO.C7H11NO6S.C7H11NO3.Na/c1-10(2,3)15-9-7(13)5(11)4-6(12)8(9)14;1-10(2,3)16-7-5-4-6(13(14)15)8-9(7)12-17-11-8;1-8(2)12-10-5-3-9(7-11)4-6-10;1-6(2)12-9-4-7(10)3-8(11)5-9;1-7(2)11-9-5-3-8(10)4-6-9;1-4(2)14-8-6(9)3-5(7(8)10)15(11,12)13;1-5(2)11-8-6(9)3-4-7(8)10;/h4H,1-3H3;4-5H,1-3H3;3-6,8H,1-2H3;3-6H,1-2H3;3-7H,1-2H3;4-5H,3H2,1-2H3,(H,11,12,13);5H,3-4H2,1-2H3;/q;;;;;;;+1/p-1. The summed E-state index contributed by atoms with van der Waals surface area (Å²) in [6.45, 7) is 28.2. The van der Waals surface area contributed by atoms with Gasteiger partial charge in [-0.2, -0.15) is 24.2 Å². The van der Waals surface area contributed by atoms with Gasteiger partial charge in [0.05, 0.1) is 53.5 Å². The van der Waals surface area contributed by atoms with Crippen LogP contribution in [-0.4, -0.2) is 109 Å². The van der Waals surface area contributed by atoms with Crippen molar-refractivity contribution in [2.24, 2.45) is 0 Å². The number of hydroxylamine groups is 4. The Balaban J connectivity index is 0.000000550. The van der Waals surface area contributed by atoms with E-state index >= 15 is 0 Å². The minimum atomic E-state index is -4.80. The van der Waals surface area contributed by atoms with Crippen molar-refractivity contribution in [2.75, 3.05) is 0 Å². The molecule has 5 aromatic carbocycles. The summed E-state index contributed by atoms with van der Waals surface area (Å²) in [5.74, 6) is -8.73. The zero-order valence-electron chi connectivity index (χ0n) is 54.8. The minimum absolute atomic E-state index is 0. The third kappa shape index (κ3) is 30.4. The third-order valence-electron chi connectivity index (χ3n) is 10.2. The smallest absolute Gasteiger partial charge is 0.747 e. The number of non-ortho nitro benzene ring substituents is 1. The molecule has 6 aromatic rings. The van der Waals surface area contributed by atoms with Crippen molar-refractivity contribution in [1.29, 1.82) is 5.26 Å². The Morgan fingerprint density at radius 2 is 1.01 bits per heavy atom. The Labute approximate surface area is 561 Å². The average molecular weight is 1360 g/mol. The largest absolute Gasteiger partial charge is 1.00 e. The number of halogens is 7. The molecule has 8 rings (SSSR count). The van der Waals surface area contributed by atoms with E-state index in [0.29, 0.717) is 22.1 Å². The first-order valence-electron chi connectivity index (χ1n) is 28.3. The number of carbonyl (C=O) groups is 4. The molecular formula is C62H74F7N6NaO17S. The third-order valence-corrected chi connectivity index (χ3v) is 11.3. The van der Waals surface area contributed by atoms with E-state index in [4.69, 9.17) is 38.6 Å². The van der Waals surface area contributed by atoms with Crippen LogP contribution < -0.4 is 53.2 Å². The van der Waals surface area contributed by atoms with Gasteiger partial charge >= 0.3 is 35.2 Å². The first kappa shape index (κ1) is 84.0. The van der Waals surface area contributed by atoms with Gasteiger partial charge in [-0.1, -0.05) is 0 Å². The van der Waals surface area contributed by atoms with Crippen LogP contribution in [0, 0.1) is 62.2 Å². The van der Waals surface area contributed by atoms with Crippen LogP contribution in [0.5, 0.6) is 28.7 Å². The summed E-state index contributed by atoms with van der Waals surface area (Å²) in [5, 5.41) is 25.8. The number of carbonyl (C=O) groups excluding carboxylic acids is 4. The van der Waals surface area contributed by atoms with Crippen molar-refractivity contribution < 1.29 is 135 Å². The fourth-order valence-corrected chi connectivity index (χ4v) is 7.58. The molecule has 32 heteroatoms. The van der Waals surface area contributed by atoms with Crippen molar-refractivity contribution in [2.45, 2.75) is 177 Å². The van der Waals surface area contributed by atoms with Crippen LogP contribution >= 0.6 is 0 Å². The number of nitro groups is 1. The summed E-state index contributed by atoms with van der Waals surface area (Å²) in [5.41, 5.74) is -0.510. The van der Waals surface area contributed by atoms with Gasteiger partial charge in [0.15, 0.2) is 28.7 Å². The van der Waals surface area contributed by atoms with E-state index in [1.165, 1.54) is 45.0 Å². The SMILES string of the molecule is CC(C)(C)Oc1c(F)c(F)cc(F)c1F.CC(C)(C)Oc1ccc([N+](=O)[O-])c2nonc12.CC(C)ON1C(=O)CC(S(=O)(=O)[O-])C1=O.CC(C)ON1C(=O)CCC1=O.CC(C)Oc1cc(F)cc(F)c1.CC(C)Oc1ccc(C#N)cc1.CC(C)Oc1ccc(F)cc1.[Na+]. The number of nitro benzene ring substituents is 1. The number of amides is 4. The number of benzene rings is 5. The van der Waals surface area contributed by atoms with Gasteiger partial charge in [0.1, 0.15) is 61.3 Å². The molecule has 0 bridgehead atoms. The van der Waals surface area contributed by atoms with Gasteiger partial charge in [-0.15, -0.1) is 0 Å². The van der Waals surface area contributed by atoms with Gasteiger partial charge < -0.3 is 28.2 Å². The van der Waals surface area contributed by atoms with E-state index in [2.05, 4.69) is 21.0 Å². The molecule has 1 unspecified atom stereocenters. The first-order valence-corrected chi connectivity index (χ1v) is 29.7. The summed E-state index contributed by atoms with van der Waals surface area (Å²) in [4.78, 5) is 64.2. The molecule has 2 aliphatic rings. The molecule has 94 heavy (non-hydrogen) atoms. The van der Waals surface area contributed by atoms with Gasteiger partial charge in [0.2, 0.25) is 17.2 Å². The Kier molecular flexibility index (Phi) is 34.3. The van der Waals surface area contributed by atoms with Gasteiger partial charge in [0.25, 0.3) is 23.6 Å². The molecule has 1 atom stereocenters. The number of ether oxygens (including phenoxy) is 5. The van der Waals surface area contributed by atoms with E-state index in [1.807, 2.05) is 48.5 Å². The number of nitriles is 1. The molecule has 0 N–H and O–H groups in total. The fourth-order valence-electron chi connectivity index (χ4n) is 6.89. The van der Waals surface area contributed by atoms with Crippen LogP contribution in [0.25, 0.3) is 11.0 Å². The molecule has 0 saturated carbocycles. The summed E-state index contributed by atoms with van der Waals surface area (Å²) in [7, 11) is -4.80. The van der Waals surface area contributed by atoms with Crippen LogP contribution in [0.3, 0.4) is 0 Å². The van der Waals surface area contributed by atoms with Crippen molar-refractivity contribution in [1.82, 2.24) is 20.4 Å². The normalized spacial score (nSPS) is 13.6. The zero-order valence-corrected chi connectivity index (χ0v) is 57.7. The Hall–Kier alpha value is -7.99. The van der Waals surface area contributed by atoms with Crippen LogP contribution in [0.1, 0.15) is 136 Å². The molecular weight excluding hydrogens is 1290 g/mol. The van der Waals surface area contributed by atoms with Gasteiger partial charge in [-0.3, -0.25) is 39.0 Å². The predicted octanol–water partition coefficient (Wildman–Crippen LogP) is 9.92. The van der Waals surface area contributed by atoms with E-state index in [-0.39, 0.29) is 113 Å². The number of hydrogen-bond donors (Lipinski definition) is 0. The summed E-state index contributed by atoms with van der Waals surface area (Å²) in [6, 6.07) is 21.3. The summed E-state index contributed by atoms with van der Waals surface area (Å²) in [6.07, 6.45) is -0.411. The van der Waals surface area contributed by atoms with Crippen molar-refractivity contribution in [3.8, 4) is 34.8 Å². The summed E-state index contributed by atoms with van der Waals surface area (Å²) >= 11 is 0. The van der Waals surface area contributed by atoms with Crippen molar-refractivity contribution in [3.05, 3.63) is 141 Å². The Morgan fingerprint density at radius 3 is 1.40 bits per heavy atom. The second-order valence-corrected chi connectivity index (χ2v) is 24.4. The van der Waals surface area contributed by atoms with Crippen LogP contribution in [0.15, 0.2) is 89.6 Å². The maximum Gasteiger partial charge on any atom is 1.00 e.